The van der Waals surface area contributed by atoms with Crippen LogP contribution in [0.1, 0.15) is 45.5 Å². The van der Waals surface area contributed by atoms with Gasteiger partial charge in [0.1, 0.15) is 0 Å². The van der Waals surface area contributed by atoms with Crippen molar-refractivity contribution in [2.24, 2.45) is 0 Å². The molecule has 8 heteroatoms. The third-order valence-electron chi connectivity index (χ3n) is 6.57. The predicted molar refractivity (Wildman–Crippen MR) is 135 cm³/mol. The maximum atomic E-state index is 13.0. The summed E-state index contributed by atoms with van der Waals surface area (Å²) in [6.07, 6.45) is 3.57. The second-order valence-corrected chi connectivity index (χ2v) is 10.8. The van der Waals surface area contributed by atoms with Crippen molar-refractivity contribution in [3.05, 3.63) is 89.5 Å². The highest BCUT2D eigenvalue weighted by atomic mass is 32.2. The first-order valence-electron chi connectivity index (χ1n) is 11.8. The zero-order valence-corrected chi connectivity index (χ0v) is 20.1. The van der Waals surface area contributed by atoms with Crippen molar-refractivity contribution in [3.8, 4) is 0 Å². The lowest BCUT2D eigenvalue weighted by Gasteiger charge is -2.26. The van der Waals surface area contributed by atoms with E-state index in [0.29, 0.717) is 30.9 Å². The monoisotopic (exact) mass is 489 g/mol. The molecular weight excluding hydrogens is 462 g/mol. The van der Waals surface area contributed by atoms with Gasteiger partial charge in [-0.1, -0.05) is 30.7 Å². The van der Waals surface area contributed by atoms with Gasteiger partial charge in [-0.15, -0.1) is 0 Å². The summed E-state index contributed by atoms with van der Waals surface area (Å²) in [5, 5.41) is 2.80. The van der Waals surface area contributed by atoms with Crippen molar-refractivity contribution in [2.45, 2.75) is 30.6 Å². The second-order valence-electron chi connectivity index (χ2n) is 8.86. The van der Waals surface area contributed by atoms with E-state index < -0.39 is 15.9 Å². The first-order chi connectivity index (χ1) is 16.9. The number of hydrogen-bond acceptors (Lipinski definition) is 4. The van der Waals surface area contributed by atoms with Gasteiger partial charge in [-0.3, -0.25) is 9.59 Å². The zero-order valence-electron chi connectivity index (χ0n) is 19.3. The van der Waals surface area contributed by atoms with Crippen LogP contribution in [0.25, 0.3) is 0 Å². The number of carbonyl (C=O) groups is 2. The Bertz CT molecular complexity index is 1360. The fourth-order valence-corrected chi connectivity index (χ4v) is 6.22. The molecule has 0 aromatic heterocycles. The summed E-state index contributed by atoms with van der Waals surface area (Å²) in [5.41, 5.74) is 3.42. The van der Waals surface area contributed by atoms with Gasteiger partial charge in [0, 0.05) is 42.1 Å². The van der Waals surface area contributed by atoms with Crippen LogP contribution in [0, 0.1) is 0 Å². The molecule has 0 atom stereocenters. The highest BCUT2D eigenvalue weighted by Gasteiger charge is 2.27. The number of carbonyl (C=O) groups excluding carboxylic acids is 2. The van der Waals surface area contributed by atoms with Crippen LogP contribution in [0.4, 0.5) is 11.4 Å². The topological polar surface area (TPSA) is 86.8 Å². The van der Waals surface area contributed by atoms with E-state index in [2.05, 4.69) is 5.32 Å². The summed E-state index contributed by atoms with van der Waals surface area (Å²) in [5.74, 6) is -0.489. The molecule has 2 heterocycles. The van der Waals surface area contributed by atoms with Crippen molar-refractivity contribution in [1.82, 2.24) is 4.31 Å². The van der Waals surface area contributed by atoms with Gasteiger partial charge in [-0.2, -0.15) is 4.31 Å². The zero-order chi connectivity index (χ0) is 24.4. The van der Waals surface area contributed by atoms with Crippen LogP contribution in [0.5, 0.6) is 0 Å². The van der Waals surface area contributed by atoms with E-state index >= 15 is 0 Å². The summed E-state index contributed by atoms with van der Waals surface area (Å²) in [4.78, 5) is 27.7. The molecule has 180 valence electrons. The quantitative estimate of drug-likeness (QED) is 0.578. The van der Waals surface area contributed by atoms with Gasteiger partial charge in [0.2, 0.25) is 10.0 Å². The summed E-state index contributed by atoms with van der Waals surface area (Å²) in [6.45, 7) is 1.66. The maximum Gasteiger partial charge on any atom is 0.258 e. The number of fused-ring (bicyclic) bond motifs is 1. The lowest BCUT2D eigenvalue weighted by Crippen LogP contribution is -2.35. The second kappa shape index (κ2) is 9.64. The van der Waals surface area contributed by atoms with Crippen molar-refractivity contribution < 1.29 is 18.0 Å². The molecular formula is C27H27N3O4S. The highest BCUT2D eigenvalue weighted by molar-refractivity contribution is 7.89. The van der Waals surface area contributed by atoms with Crippen LogP contribution >= 0.6 is 0 Å². The Labute approximate surface area is 205 Å². The van der Waals surface area contributed by atoms with Gasteiger partial charge < -0.3 is 10.2 Å². The summed E-state index contributed by atoms with van der Waals surface area (Å²) in [7, 11) is -3.62. The molecule has 0 aliphatic carbocycles. The maximum absolute atomic E-state index is 13.0. The number of hydrogen-bond donors (Lipinski definition) is 1. The number of sulfonamides is 1. The van der Waals surface area contributed by atoms with Crippen LogP contribution in [-0.2, 0) is 16.4 Å². The Morgan fingerprint density at radius 3 is 2.29 bits per heavy atom. The fraction of sp³-hybridized carbons (Fsp3) is 0.259. The van der Waals surface area contributed by atoms with E-state index in [4.69, 9.17) is 0 Å². The van der Waals surface area contributed by atoms with Crippen molar-refractivity contribution in [3.63, 3.8) is 0 Å². The summed E-state index contributed by atoms with van der Waals surface area (Å²) in [6, 6.07) is 20.8. The van der Waals surface area contributed by atoms with Crippen LogP contribution in [0.2, 0.25) is 0 Å². The molecule has 35 heavy (non-hydrogen) atoms. The fourth-order valence-electron chi connectivity index (χ4n) is 4.66. The summed E-state index contributed by atoms with van der Waals surface area (Å²) < 4.78 is 27.4. The normalized spacial score (nSPS) is 16.1. The molecule has 0 saturated carbocycles. The standard InChI is InChI=1S/C27H27N3O4S/c31-26(22-8-6-9-24(19-22)35(33,34)29-16-4-1-5-17-29)28-23-13-11-21(12-14-23)27(32)30-18-15-20-7-2-3-10-25(20)30/h2-3,6-14,19H,1,4-5,15-18H2,(H,28,31). The van der Waals surface area contributed by atoms with Gasteiger partial charge in [-0.25, -0.2) is 8.42 Å². The molecule has 2 aliphatic heterocycles. The Morgan fingerprint density at radius 2 is 1.51 bits per heavy atom. The van der Waals surface area contributed by atoms with E-state index in [1.165, 1.54) is 16.4 Å². The molecule has 0 bridgehead atoms. The minimum absolute atomic E-state index is 0.0801. The largest absolute Gasteiger partial charge is 0.322 e. The Balaban J connectivity index is 1.28. The molecule has 1 saturated heterocycles. The average molecular weight is 490 g/mol. The Kier molecular flexibility index (Phi) is 6.40. The van der Waals surface area contributed by atoms with Crippen molar-refractivity contribution >= 4 is 33.2 Å². The van der Waals surface area contributed by atoms with Gasteiger partial charge in [0.15, 0.2) is 0 Å². The molecule has 1 fully saturated rings. The molecule has 3 aromatic rings. The van der Waals surface area contributed by atoms with E-state index in [1.54, 1.807) is 41.3 Å². The predicted octanol–water partition coefficient (Wildman–Crippen LogP) is 4.32. The number of nitrogens with zero attached hydrogens (tertiary/aromatic N) is 2. The molecule has 0 spiro atoms. The minimum atomic E-state index is -3.62. The molecule has 2 amide bonds. The van der Waals surface area contributed by atoms with E-state index in [1.807, 2.05) is 24.3 Å². The lowest BCUT2D eigenvalue weighted by atomic mass is 10.1. The molecule has 2 aliphatic rings. The van der Waals surface area contributed by atoms with E-state index in [9.17, 15) is 18.0 Å². The molecule has 0 radical (unpaired) electrons. The van der Waals surface area contributed by atoms with E-state index in [0.717, 1.165) is 36.9 Å². The van der Waals surface area contributed by atoms with E-state index in [-0.39, 0.29) is 16.4 Å². The number of anilines is 2. The van der Waals surface area contributed by atoms with Crippen LogP contribution in [-0.4, -0.2) is 44.2 Å². The number of nitrogens with one attached hydrogen (secondary N) is 1. The summed E-state index contributed by atoms with van der Waals surface area (Å²) >= 11 is 0. The lowest BCUT2D eigenvalue weighted by molar-refractivity contribution is 0.0988. The van der Waals surface area contributed by atoms with Gasteiger partial charge in [-0.05, 0) is 73.4 Å². The van der Waals surface area contributed by atoms with Crippen LogP contribution in [0.15, 0.2) is 77.7 Å². The average Bonchev–Trinajstić information content (AvgIpc) is 3.33. The van der Waals surface area contributed by atoms with Crippen molar-refractivity contribution in [2.75, 3.05) is 29.9 Å². The number of benzene rings is 3. The Morgan fingerprint density at radius 1 is 0.771 bits per heavy atom. The first kappa shape index (κ1) is 23.3. The number of piperidine rings is 1. The highest BCUT2D eigenvalue weighted by Crippen LogP contribution is 2.29. The van der Waals surface area contributed by atoms with Crippen LogP contribution in [0.3, 0.4) is 0 Å². The van der Waals surface area contributed by atoms with Gasteiger partial charge in [0.25, 0.3) is 11.8 Å². The van der Waals surface area contributed by atoms with Gasteiger partial charge >= 0.3 is 0 Å². The molecule has 0 unspecified atom stereocenters. The van der Waals surface area contributed by atoms with Crippen LogP contribution < -0.4 is 10.2 Å². The van der Waals surface area contributed by atoms with Gasteiger partial charge in [0.05, 0.1) is 4.90 Å². The third kappa shape index (κ3) is 4.72. The molecule has 7 nitrogen and oxygen atoms in total. The molecule has 1 N–H and O–H groups in total. The minimum Gasteiger partial charge on any atom is -0.322 e. The number of rotatable bonds is 5. The third-order valence-corrected chi connectivity index (χ3v) is 8.47. The number of para-hydroxylation sites is 1. The smallest absolute Gasteiger partial charge is 0.258 e. The Hall–Kier alpha value is -3.49. The molecule has 3 aromatic carbocycles. The molecule has 5 rings (SSSR count). The first-order valence-corrected chi connectivity index (χ1v) is 13.3. The SMILES string of the molecule is O=C(Nc1ccc(C(=O)N2CCc3ccccc32)cc1)c1cccc(S(=O)(=O)N2CCCCC2)c1. The van der Waals surface area contributed by atoms with Crippen molar-refractivity contribution in [1.29, 1.82) is 0 Å². The number of amides is 2.